The molecule has 1 aromatic carbocycles. The van der Waals surface area contributed by atoms with Crippen LogP contribution in [-0.2, 0) is 0 Å². The van der Waals surface area contributed by atoms with Crippen molar-refractivity contribution >= 4 is 17.5 Å². The van der Waals surface area contributed by atoms with E-state index in [1.807, 2.05) is 13.0 Å². The van der Waals surface area contributed by atoms with E-state index < -0.39 is 0 Å². The molecule has 0 aliphatic heterocycles. The van der Waals surface area contributed by atoms with Gasteiger partial charge >= 0.3 is 0 Å². The number of aromatic nitrogens is 2. The number of hydrogen-bond acceptors (Lipinski definition) is 4. The van der Waals surface area contributed by atoms with Gasteiger partial charge in [-0.15, -0.1) is 0 Å². The summed E-state index contributed by atoms with van der Waals surface area (Å²) < 4.78 is 12.9. The number of nitrogens with zero attached hydrogens (tertiary/aromatic N) is 3. The SMILES string of the molecule is CCN(CC)c1cc(C)nc(Nc2ccc(F)cc2)n1. The molecule has 2 aromatic rings. The van der Waals surface area contributed by atoms with Gasteiger partial charge in [-0.1, -0.05) is 0 Å². The third-order valence-electron chi connectivity index (χ3n) is 3.03. The van der Waals surface area contributed by atoms with Crippen molar-refractivity contribution in [1.29, 1.82) is 0 Å². The molecular weight excluding hydrogens is 255 g/mol. The summed E-state index contributed by atoms with van der Waals surface area (Å²) in [5.74, 6) is 1.16. The van der Waals surface area contributed by atoms with Crippen LogP contribution >= 0.6 is 0 Å². The molecule has 4 nitrogen and oxygen atoms in total. The number of aryl methyl sites for hydroxylation is 1. The van der Waals surface area contributed by atoms with Crippen molar-refractivity contribution in [2.75, 3.05) is 23.3 Å². The summed E-state index contributed by atoms with van der Waals surface area (Å²) in [6, 6.07) is 8.10. The van der Waals surface area contributed by atoms with Gasteiger partial charge in [0.25, 0.3) is 0 Å². The van der Waals surface area contributed by atoms with Gasteiger partial charge in [-0.05, 0) is 45.0 Å². The zero-order valence-electron chi connectivity index (χ0n) is 12.0. The van der Waals surface area contributed by atoms with Crippen LogP contribution in [0.3, 0.4) is 0 Å². The predicted molar refractivity (Wildman–Crippen MR) is 80.0 cm³/mol. The van der Waals surface area contributed by atoms with E-state index >= 15 is 0 Å². The van der Waals surface area contributed by atoms with Gasteiger partial charge < -0.3 is 10.2 Å². The number of benzene rings is 1. The topological polar surface area (TPSA) is 41.1 Å². The van der Waals surface area contributed by atoms with Crippen molar-refractivity contribution in [2.45, 2.75) is 20.8 Å². The number of rotatable bonds is 5. The van der Waals surface area contributed by atoms with E-state index in [0.717, 1.165) is 30.3 Å². The highest BCUT2D eigenvalue weighted by Gasteiger charge is 2.07. The van der Waals surface area contributed by atoms with Crippen LogP contribution in [0.25, 0.3) is 0 Å². The Hall–Kier alpha value is -2.17. The van der Waals surface area contributed by atoms with Gasteiger partial charge in [-0.2, -0.15) is 4.98 Å². The van der Waals surface area contributed by atoms with Gasteiger partial charge in [0.05, 0.1) is 0 Å². The Morgan fingerprint density at radius 1 is 1.10 bits per heavy atom. The smallest absolute Gasteiger partial charge is 0.229 e. The molecule has 0 bridgehead atoms. The van der Waals surface area contributed by atoms with Gasteiger partial charge in [0.1, 0.15) is 11.6 Å². The molecule has 5 heteroatoms. The lowest BCUT2D eigenvalue weighted by atomic mass is 10.3. The molecule has 0 fully saturated rings. The molecule has 0 unspecified atom stereocenters. The second kappa shape index (κ2) is 6.32. The number of hydrogen-bond donors (Lipinski definition) is 1. The third-order valence-corrected chi connectivity index (χ3v) is 3.03. The van der Waals surface area contributed by atoms with Gasteiger partial charge in [-0.3, -0.25) is 0 Å². The summed E-state index contributed by atoms with van der Waals surface area (Å²) in [6.07, 6.45) is 0. The number of nitrogens with one attached hydrogen (secondary N) is 1. The maximum absolute atomic E-state index is 12.9. The van der Waals surface area contributed by atoms with Gasteiger partial charge in [0.2, 0.25) is 5.95 Å². The molecule has 1 heterocycles. The van der Waals surface area contributed by atoms with Crippen LogP contribution in [0.1, 0.15) is 19.5 Å². The van der Waals surface area contributed by atoms with E-state index in [0.29, 0.717) is 5.95 Å². The third kappa shape index (κ3) is 3.44. The maximum Gasteiger partial charge on any atom is 0.229 e. The fourth-order valence-electron chi connectivity index (χ4n) is 1.98. The van der Waals surface area contributed by atoms with Crippen LogP contribution in [0.2, 0.25) is 0 Å². The summed E-state index contributed by atoms with van der Waals surface area (Å²) >= 11 is 0. The molecule has 0 radical (unpaired) electrons. The van der Waals surface area contributed by atoms with Crippen LogP contribution in [0.15, 0.2) is 30.3 Å². The Balaban J connectivity index is 2.25. The first-order valence-corrected chi connectivity index (χ1v) is 6.75. The minimum absolute atomic E-state index is 0.260. The predicted octanol–water partition coefficient (Wildman–Crippen LogP) is 3.51. The zero-order valence-corrected chi connectivity index (χ0v) is 12.0. The minimum atomic E-state index is -0.260. The van der Waals surface area contributed by atoms with Gasteiger partial charge in [-0.25, -0.2) is 9.37 Å². The molecule has 0 amide bonds. The lowest BCUT2D eigenvalue weighted by Crippen LogP contribution is -2.23. The minimum Gasteiger partial charge on any atom is -0.357 e. The molecule has 0 spiro atoms. The Bertz CT molecular complexity index is 565. The Labute approximate surface area is 118 Å². The standard InChI is InChI=1S/C15H19FN4/c1-4-20(5-2)14-10-11(3)17-15(19-14)18-13-8-6-12(16)7-9-13/h6-10H,4-5H2,1-3H3,(H,17,18,19). The van der Waals surface area contributed by atoms with Crippen LogP contribution in [0, 0.1) is 12.7 Å². The molecule has 0 atom stereocenters. The van der Waals surface area contributed by atoms with Crippen molar-refractivity contribution in [1.82, 2.24) is 9.97 Å². The number of anilines is 3. The van der Waals surface area contributed by atoms with Crippen LogP contribution in [0.5, 0.6) is 0 Å². The summed E-state index contributed by atoms with van der Waals surface area (Å²) in [5, 5.41) is 3.10. The first kappa shape index (κ1) is 14.2. The average Bonchev–Trinajstić information content (AvgIpc) is 2.42. The van der Waals surface area contributed by atoms with E-state index in [1.165, 1.54) is 12.1 Å². The largest absolute Gasteiger partial charge is 0.357 e. The molecule has 106 valence electrons. The molecule has 1 aromatic heterocycles. The molecule has 0 aliphatic rings. The summed E-state index contributed by atoms with van der Waals surface area (Å²) in [7, 11) is 0. The normalized spacial score (nSPS) is 10.4. The number of halogens is 1. The molecule has 20 heavy (non-hydrogen) atoms. The molecular formula is C15H19FN4. The van der Waals surface area contributed by atoms with Crippen molar-refractivity contribution in [3.8, 4) is 0 Å². The van der Waals surface area contributed by atoms with Crippen molar-refractivity contribution < 1.29 is 4.39 Å². The molecule has 0 saturated carbocycles. The Morgan fingerprint density at radius 3 is 2.35 bits per heavy atom. The first-order valence-electron chi connectivity index (χ1n) is 6.75. The lowest BCUT2D eigenvalue weighted by Gasteiger charge is -2.20. The highest BCUT2D eigenvalue weighted by Crippen LogP contribution is 2.18. The van der Waals surface area contributed by atoms with E-state index in [-0.39, 0.29) is 5.82 Å². The maximum atomic E-state index is 12.9. The second-order valence-corrected chi connectivity index (χ2v) is 4.50. The van der Waals surface area contributed by atoms with Crippen molar-refractivity contribution in [3.63, 3.8) is 0 Å². The van der Waals surface area contributed by atoms with Crippen molar-refractivity contribution in [2.24, 2.45) is 0 Å². The van der Waals surface area contributed by atoms with Crippen LogP contribution < -0.4 is 10.2 Å². The van der Waals surface area contributed by atoms with Gasteiger partial charge in [0.15, 0.2) is 0 Å². The Morgan fingerprint density at radius 2 is 1.75 bits per heavy atom. The fourth-order valence-corrected chi connectivity index (χ4v) is 1.98. The monoisotopic (exact) mass is 274 g/mol. The highest BCUT2D eigenvalue weighted by molar-refractivity contribution is 5.55. The fraction of sp³-hybridized carbons (Fsp3) is 0.333. The van der Waals surface area contributed by atoms with Gasteiger partial charge in [0, 0.05) is 30.5 Å². The summed E-state index contributed by atoms with van der Waals surface area (Å²) in [5.41, 5.74) is 1.66. The molecule has 2 rings (SSSR count). The second-order valence-electron chi connectivity index (χ2n) is 4.50. The molecule has 0 aliphatic carbocycles. The van der Waals surface area contributed by atoms with E-state index in [4.69, 9.17) is 0 Å². The van der Waals surface area contributed by atoms with E-state index in [2.05, 4.69) is 34.0 Å². The van der Waals surface area contributed by atoms with Crippen LogP contribution in [0.4, 0.5) is 21.8 Å². The zero-order chi connectivity index (χ0) is 14.5. The quantitative estimate of drug-likeness (QED) is 0.905. The highest BCUT2D eigenvalue weighted by atomic mass is 19.1. The van der Waals surface area contributed by atoms with E-state index in [1.54, 1.807) is 12.1 Å². The molecule has 1 N–H and O–H groups in total. The lowest BCUT2D eigenvalue weighted by molar-refractivity contribution is 0.628. The molecule has 0 saturated heterocycles. The van der Waals surface area contributed by atoms with E-state index in [9.17, 15) is 4.39 Å². The summed E-state index contributed by atoms with van der Waals surface area (Å²) in [4.78, 5) is 11.0. The Kier molecular flexibility index (Phi) is 4.50. The van der Waals surface area contributed by atoms with Crippen LogP contribution in [-0.4, -0.2) is 23.1 Å². The first-order chi connectivity index (χ1) is 9.62. The van der Waals surface area contributed by atoms with Crippen molar-refractivity contribution in [3.05, 3.63) is 41.8 Å². The average molecular weight is 274 g/mol. The summed E-state index contributed by atoms with van der Waals surface area (Å²) in [6.45, 7) is 7.90.